The highest BCUT2D eigenvalue weighted by Crippen LogP contribution is 2.08. The maximum absolute atomic E-state index is 11.8. The number of rotatable bonds is 7. The minimum atomic E-state index is -2.52. The van der Waals surface area contributed by atoms with Crippen LogP contribution in [0.1, 0.15) is 13.3 Å². The first-order chi connectivity index (χ1) is 9.41. The molecule has 1 fully saturated rings. The molecule has 0 aromatic heterocycles. The topological polar surface area (TPSA) is 70.1 Å². The minimum absolute atomic E-state index is 0.0189. The highest BCUT2D eigenvalue weighted by molar-refractivity contribution is 5.76. The molecule has 1 aliphatic heterocycles. The van der Waals surface area contributed by atoms with E-state index in [-0.39, 0.29) is 18.9 Å². The fourth-order valence-corrected chi connectivity index (χ4v) is 2.00. The number of carbonyl (C=O) groups excluding carboxylic acids is 1. The van der Waals surface area contributed by atoms with Crippen molar-refractivity contribution < 1.29 is 28.2 Å². The number of nitrogens with zero attached hydrogens (tertiary/aromatic N) is 2. The second kappa shape index (κ2) is 8.11. The Labute approximate surface area is 116 Å². The van der Waals surface area contributed by atoms with Crippen molar-refractivity contribution in [1.29, 1.82) is 0 Å². The average molecular weight is 294 g/mol. The van der Waals surface area contributed by atoms with Crippen LogP contribution in [0, 0.1) is 0 Å². The molecule has 116 valence electrons. The molecule has 1 saturated heterocycles. The molecule has 0 spiro atoms. The number of aliphatic carboxylic acids is 1. The first-order valence-corrected chi connectivity index (χ1v) is 6.52. The fraction of sp³-hybridized carbons (Fsp3) is 0.833. The lowest BCUT2D eigenvalue weighted by Gasteiger charge is -2.36. The SMILES string of the molecule is CC(C(=O)O)N1CCN(C(=O)CCOCC(F)F)CC1. The van der Waals surface area contributed by atoms with Gasteiger partial charge in [-0.1, -0.05) is 0 Å². The fourth-order valence-electron chi connectivity index (χ4n) is 2.00. The summed E-state index contributed by atoms with van der Waals surface area (Å²) in [7, 11) is 0. The zero-order valence-corrected chi connectivity index (χ0v) is 11.4. The Bertz CT molecular complexity index is 333. The van der Waals surface area contributed by atoms with Gasteiger partial charge in [-0.05, 0) is 6.92 Å². The standard InChI is InChI=1S/C12H20F2N2O4/c1-9(12(18)19)15-3-5-16(6-4-15)11(17)2-7-20-8-10(13)14/h9-10H,2-8H2,1H3,(H,18,19). The van der Waals surface area contributed by atoms with Crippen molar-refractivity contribution in [1.82, 2.24) is 9.80 Å². The largest absolute Gasteiger partial charge is 0.480 e. The van der Waals surface area contributed by atoms with Crippen molar-refractivity contribution in [2.45, 2.75) is 25.8 Å². The van der Waals surface area contributed by atoms with Crippen LogP contribution in [0.2, 0.25) is 0 Å². The first kappa shape index (κ1) is 16.8. The molecule has 0 aromatic rings. The van der Waals surface area contributed by atoms with Crippen LogP contribution >= 0.6 is 0 Å². The Hall–Kier alpha value is -1.28. The van der Waals surface area contributed by atoms with E-state index in [0.29, 0.717) is 26.2 Å². The third-order valence-corrected chi connectivity index (χ3v) is 3.28. The van der Waals surface area contributed by atoms with Crippen LogP contribution in [-0.2, 0) is 14.3 Å². The van der Waals surface area contributed by atoms with E-state index in [1.807, 2.05) is 0 Å². The molecular formula is C12H20F2N2O4. The highest BCUT2D eigenvalue weighted by atomic mass is 19.3. The normalized spacial score (nSPS) is 18.3. The van der Waals surface area contributed by atoms with Gasteiger partial charge in [0.2, 0.25) is 5.91 Å². The number of amides is 1. The van der Waals surface area contributed by atoms with E-state index in [1.165, 1.54) is 0 Å². The molecule has 1 heterocycles. The van der Waals surface area contributed by atoms with Gasteiger partial charge in [-0.25, -0.2) is 8.78 Å². The van der Waals surface area contributed by atoms with Crippen LogP contribution in [0.5, 0.6) is 0 Å². The van der Waals surface area contributed by atoms with Crippen LogP contribution in [0.25, 0.3) is 0 Å². The number of carboxylic acid groups (broad SMARTS) is 1. The van der Waals surface area contributed by atoms with Gasteiger partial charge >= 0.3 is 5.97 Å². The van der Waals surface area contributed by atoms with Crippen LogP contribution in [0.3, 0.4) is 0 Å². The molecular weight excluding hydrogens is 274 g/mol. The number of piperazine rings is 1. The van der Waals surface area contributed by atoms with Gasteiger partial charge in [0.15, 0.2) is 0 Å². The lowest BCUT2D eigenvalue weighted by atomic mass is 10.2. The summed E-state index contributed by atoms with van der Waals surface area (Å²) in [6, 6.07) is -0.568. The van der Waals surface area contributed by atoms with Gasteiger partial charge in [-0.2, -0.15) is 0 Å². The van der Waals surface area contributed by atoms with E-state index in [2.05, 4.69) is 4.74 Å². The molecule has 1 atom stereocenters. The number of alkyl halides is 2. The molecule has 0 radical (unpaired) electrons. The molecule has 20 heavy (non-hydrogen) atoms. The summed E-state index contributed by atoms with van der Waals surface area (Å²) in [4.78, 5) is 26.0. The van der Waals surface area contributed by atoms with Gasteiger partial charge in [0.05, 0.1) is 13.0 Å². The van der Waals surface area contributed by atoms with E-state index >= 15 is 0 Å². The van der Waals surface area contributed by atoms with Crippen LogP contribution < -0.4 is 0 Å². The predicted octanol–water partition coefficient (Wildman–Crippen LogP) is 0.275. The monoisotopic (exact) mass is 294 g/mol. The van der Waals surface area contributed by atoms with Crippen molar-refractivity contribution in [3.05, 3.63) is 0 Å². The van der Waals surface area contributed by atoms with Crippen molar-refractivity contribution in [2.24, 2.45) is 0 Å². The zero-order valence-electron chi connectivity index (χ0n) is 11.4. The van der Waals surface area contributed by atoms with Crippen molar-refractivity contribution in [2.75, 3.05) is 39.4 Å². The molecule has 1 aliphatic rings. The molecule has 8 heteroatoms. The Morgan fingerprint density at radius 3 is 2.35 bits per heavy atom. The maximum atomic E-state index is 11.8. The average Bonchev–Trinajstić information content (AvgIpc) is 2.42. The lowest BCUT2D eigenvalue weighted by Crippen LogP contribution is -2.53. The van der Waals surface area contributed by atoms with E-state index in [9.17, 15) is 18.4 Å². The summed E-state index contributed by atoms with van der Waals surface area (Å²) in [6.45, 7) is 2.83. The Balaban J connectivity index is 2.23. The summed E-state index contributed by atoms with van der Waals surface area (Å²) in [6.07, 6.45) is -2.45. The van der Waals surface area contributed by atoms with E-state index < -0.39 is 25.0 Å². The Morgan fingerprint density at radius 2 is 1.85 bits per heavy atom. The molecule has 1 amide bonds. The van der Waals surface area contributed by atoms with Gasteiger partial charge in [-0.15, -0.1) is 0 Å². The Morgan fingerprint density at radius 1 is 1.25 bits per heavy atom. The van der Waals surface area contributed by atoms with Crippen LogP contribution in [-0.4, -0.2) is 78.6 Å². The number of hydrogen-bond acceptors (Lipinski definition) is 4. The Kier molecular flexibility index (Phi) is 6.80. The number of carbonyl (C=O) groups is 2. The molecule has 1 unspecified atom stereocenters. The quantitative estimate of drug-likeness (QED) is 0.683. The van der Waals surface area contributed by atoms with Crippen molar-refractivity contribution in [3.8, 4) is 0 Å². The third-order valence-electron chi connectivity index (χ3n) is 3.28. The summed E-state index contributed by atoms with van der Waals surface area (Å²) in [5, 5.41) is 8.90. The van der Waals surface area contributed by atoms with E-state index in [0.717, 1.165) is 0 Å². The molecule has 0 saturated carbocycles. The van der Waals surface area contributed by atoms with Crippen molar-refractivity contribution in [3.63, 3.8) is 0 Å². The summed E-state index contributed by atoms with van der Waals surface area (Å²) in [5.74, 6) is -1.04. The summed E-state index contributed by atoms with van der Waals surface area (Å²) in [5.41, 5.74) is 0. The smallest absolute Gasteiger partial charge is 0.320 e. The van der Waals surface area contributed by atoms with Gasteiger partial charge in [0.1, 0.15) is 12.6 Å². The van der Waals surface area contributed by atoms with E-state index in [1.54, 1.807) is 16.7 Å². The second-order valence-corrected chi connectivity index (χ2v) is 4.65. The van der Waals surface area contributed by atoms with Gasteiger partial charge in [0.25, 0.3) is 6.43 Å². The number of halogens is 2. The van der Waals surface area contributed by atoms with Gasteiger partial charge in [0, 0.05) is 26.2 Å². The molecule has 0 aliphatic carbocycles. The summed E-state index contributed by atoms with van der Waals surface area (Å²) < 4.78 is 28.3. The summed E-state index contributed by atoms with van der Waals surface area (Å²) >= 11 is 0. The molecule has 1 N–H and O–H groups in total. The van der Waals surface area contributed by atoms with Gasteiger partial charge in [-0.3, -0.25) is 14.5 Å². The highest BCUT2D eigenvalue weighted by Gasteiger charge is 2.26. The number of ether oxygens (including phenoxy) is 1. The first-order valence-electron chi connectivity index (χ1n) is 6.52. The van der Waals surface area contributed by atoms with E-state index in [4.69, 9.17) is 5.11 Å². The molecule has 1 rings (SSSR count). The lowest BCUT2D eigenvalue weighted by molar-refractivity contribution is -0.144. The third kappa shape index (κ3) is 5.38. The van der Waals surface area contributed by atoms with Crippen LogP contribution in [0.15, 0.2) is 0 Å². The van der Waals surface area contributed by atoms with Crippen molar-refractivity contribution >= 4 is 11.9 Å². The number of hydrogen-bond donors (Lipinski definition) is 1. The molecule has 0 aromatic carbocycles. The second-order valence-electron chi connectivity index (χ2n) is 4.65. The molecule has 0 bridgehead atoms. The van der Waals surface area contributed by atoms with Gasteiger partial charge < -0.3 is 14.7 Å². The molecule has 6 nitrogen and oxygen atoms in total. The predicted molar refractivity (Wildman–Crippen MR) is 66.7 cm³/mol. The minimum Gasteiger partial charge on any atom is -0.480 e. The number of carboxylic acids is 1. The van der Waals surface area contributed by atoms with Crippen LogP contribution in [0.4, 0.5) is 8.78 Å². The zero-order chi connectivity index (χ0) is 15.1. The maximum Gasteiger partial charge on any atom is 0.320 e.